The second kappa shape index (κ2) is 4.81. The molecule has 66 valence electrons. The monoisotopic (exact) mass is 173 g/mol. The van der Waals surface area contributed by atoms with Crippen molar-refractivity contribution >= 4 is 16.8 Å². The van der Waals surface area contributed by atoms with Crippen LogP contribution in [-0.4, -0.2) is 17.3 Å². The summed E-state index contributed by atoms with van der Waals surface area (Å²) in [4.78, 5) is 4.12. The van der Waals surface area contributed by atoms with Crippen LogP contribution in [0.15, 0.2) is 4.99 Å². The van der Waals surface area contributed by atoms with E-state index >= 15 is 0 Å². The largest absolute Gasteiger partial charge is 0.282 e. The predicted molar refractivity (Wildman–Crippen MR) is 55.6 cm³/mol. The van der Waals surface area contributed by atoms with Crippen molar-refractivity contribution in [2.75, 3.05) is 12.3 Å². The third-order valence-electron chi connectivity index (χ3n) is 0.737. The Morgan fingerprint density at radius 1 is 1.27 bits per heavy atom. The molecule has 0 spiro atoms. The molecule has 0 amide bonds. The Hall–Kier alpha value is 0.0200. The van der Waals surface area contributed by atoms with Gasteiger partial charge in [-0.25, -0.2) is 0 Å². The van der Waals surface area contributed by atoms with Gasteiger partial charge in [0.2, 0.25) is 0 Å². The van der Waals surface area contributed by atoms with Gasteiger partial charge in [0, 0.05) is 12.3 Å². The van der Waals surface area contributed by atoms with Crippen LogP contribution >= 0.6 is 11.8 Å². The van der Waals surface area contributed by atoms with Crippen molar-refractivity contribution in [3.63, 3.8) is 0 Å². The molecule has 0 atom stereocenters. The fourth-order valence-corrected chi connectivity index (χ4v) is 1.10. The highest BCUT2D eigenvalue weighted by molar-refractivity contribution is 8.14. The second-order valence-corrected chi connectivity index (χ2v) is 5.54. The lowest BCUT2D eigenvalue weighted by molar-refractivity contribution is 0.469. The van der Waals surface area contributed by atoms with Gasteiger partial charge >= 0.3 is 0 Å². The van der Waals surface area contributed by atoms with E-state index in [1.807, 2.05) is 11.8 Å². The van der Waals surface area contributed by atoms with Crippen LogP contribution in [0.2, 0.25) is 0 Å². The second-order valence-electron chi connectivity index (χ2n) is 4.25. The van der Waals surface area contributed by atoms with Crippen LogP contribution in [0.25, 0.3) is 0 Å². The standard InChI is InChI=1S/C5H12.C4H7NS/c1-5(2,3)4;1-4-5-2-3-6-4/h1-4H3;2-3H2,1H3. The number of aliphatic imine (C=N–C) groups is 1. The highest BCUT2D eigenvalue weighted by Crippen LogP contribution is 2.09. The molecule has 0 aromatic rings. The van der Waals surface area contributed by atoms with Gasteiger partial charge in [0.1, 0.15) is 0 Å². The maximum Gasteiger partial charge on any atom is 0.0645 e. The zero-order valence-electron chi connectivity index (χ0n) is 8.27. The van der Waals surface area contributed by atoms with Crippen LogP contribution in [0.3, 0.4) is 0 Å². The van der Waals surface area contributed by atoms with E-state index in [-0.39, 0.29) is 0 Å². The van der Waals surface area contributed by atoms with Crippen LogP contribution in [0.4, 0.5) is 0 Å². The van der Waals surface area contributed by atoms with Crippen molar-refractivity contribution in [2.24, 2.45) is 10.4 Å². The molecule has 0 aliphatic carbocycles. The third kappa shape index (κ3) is 13.1. The van der Waals surface area contributed by atoms with Crippen molar-refractivity contribution in [1.29, 1.82) is 0 Å². The molecule has 0 saturated heterocycles. The van der Waals surface area contributed by atoms with Gasteiger partial charge in [-0.05, 0) is 12.3 Å². The highest BCUT2D eigenvalue weighted by Gasteiger charge is 1.97. The van der Waals surface area contributed by atoms with Gasteiger partial charge < -0.3 is 0 Å². The average molecular weight is 173 g/mol. The lowest BCUT2D eigenvalue weighted by Gasteiger charge is -2.05. The summed E-state index contributed by atoms with van der Waals surface area (Å²) in [5, 5.41) is 1.25. The minimum atomic E-state index is 0.500. The van der Waals surface area contributed by atoms with Gasteiger partial charge in [-0.3, -0.25) is 4.99 Å². The van der Waals surface area contributed by atoms with Gasteiger partial charge in [0.05, 0.1) is 5.04 Å². The fourth-order valence-electron chi connectivity index (χ4n) is 0.442. The lowest BCUT2D eigenvalue weighted by Crippen LogP contribution is -1.93. The van der Waals surface area contributed by atoms with Crippen molar-refractivity contribution in [3.05, 3.63) is 0 Å². The first-order valence-electron chi connectivity index (χ1n) is 4.03. The van der Waals surface area contributed by atoms with Gasteiger partial charge in [0.15, 0.2) is 0 Å². The van der Waals surface area contributed by atoms with Crippen molar-refractivity contribution in [3.8, 4) is 0 Å². The smallest absolute Gasteiger partial charge is 0.0645 e. The van der Waals surface area contributed by atoms with E-state index in [2.05, 4.69) is 39.6 Å². The molecule has 2 heteroatoms. The molecule has 1 aliphatic heterocycles. The zero-order valence-corrected chi connectivity index (χ0v) is 9.09. The fraction of sp³-hybridized carbons (Fsp3) is 0.889. The van der Waals surface area contributed by atoms with E-state index in [9.17, 15) is 0 Å². The lowest BCUT2D eigenvalue weighted by atomic mass is 10.0. The molecule has 0 unspecified atom stereocenters. The zero-order chi connectivity index (χ0) is 8.91. The Morgan fingerprint density at radius 2 is 1.73 bits per heavy atom. The normalized spacial score (nSPS) is 17.0. The van der Waals surface area contributed by atoms with E-state index in [1.165, 1.54) is 10.8 Å². The van der Waals surface area contributed by atoms with Crippen LogP contribution in [0, 0.1) is 5.41 Å². The Balaban J connectivity index is 0.000000187. The van der Waals surface area contributed by atoms with E-state index in [0.29, 0.717) is 5.41 Å². The van der Waals surface area contributed by atoms with Gasteiger partial charge in [-0.2, -0.15) is 0 Å². The van der Waals surface area contributed by atoms with E-state index in [1.54, 1.807) is 0 Å². The SMILES string of the molecule is CC(C)(C)C.CC1=NCCS1. The highest BCUT2D eigenvalue weighted by atomic mass is 32.2. The number of nitrogens with zero attached hydrogens (tertiary/aromatic N) is 1. The van der Waals surface area contributed by atoms with Gasteiger partial charge in [-0.15, -0.1) is 11.8 Å². The Kier molecular flexibility index (Phi) is 4.82. The quantitative estimate of drug-likeness (QED) is 0.548. The van der Waals surface area contributed by atoms with Crippen molar-refractivity contribution in [2.45, 2.75) is 34.6 Å². The Bertz CT molecular complexity index is 127. The molecule has 1 rings (SSSR count). The topological polar surface area (TPSA) is 12.4 Å². The van der Waals surface area contributed by atoms with Crippen LogP contribution < -0.4 is 0 Å². The third-order valence-corrected chi connectivity index (χ3v) is 1.67. The first kappa shape index (κ1) is 11.0. The Labute approximate surface area is 74.7 Å². The molecule has 0 N–H and O–H groups in total. The summed E-state index contributed by atoms with van der Waals surface area (Å²) < 4.78 is 0. The minimum absolute atomic E-state index is 0.500. The summed E-state index contributed by atoms with van der Waals surface area (Å²) in [7, 11) is 0. The summed E-state index contributed by atoms with van der Waals surface area (Å²) in [5.74, 6) is 1.20. The molecule has 0 saturated carbocycles. The minimum Gasteiger partial charge on any atom is -0.282 e. The molecule has 0 radical (unpaired) electrons. The summed E-state index contributed by atoms with van der Waals surface area (Å²) in [5.41, 5.74) is 0.500. The maximum atomic E-state index is 4.12. The molecule has 0 fully saturated rings. The first-order valence-corrected chi connectivity index (χ1v) is 5.02. The molecule has 0 aromatic heterocycles. The van der Waals surface area contributed by atoms with Crippen LogP contribution in [0.5, 0.6) is 0 Å². The summed E-state index contributed by atoms with van der Waals surface area (Å²) in [6.07, 6.45) is 0. The van der Waals surface area contributed by atoms with E-state index in [4.69, 9.17) is 0 Å². The van der Waals surface area contributed by atoms with Gasteiger partial charge in [-0.1, -0.05) is 27.7 Å². The van der Waals surface area contributed by atoms with Gasteiger partial charge in [0.25, 0.3) is 0 Å². The van der Waals surface area contributed by atoms with Crippen molar-refractivity contribution < 1.29 is 0 Å². The van der Waals surface area contributed by atoms with Crippen LogP contribution in [0.1, 0.15) is 34.6 Å². The Morgan fingerprint density at radius 3 is 1.82 bits per heavy atom. The van der Waals surface area contributed by atoms with Crippen LogP contribution in [-0.2, 0) is 0 Å². The number of rotatable bonds is 0. The van der Waals surface area contributed by atoms with E-state index < -0.39 is 0 Å². The number of thioether (sulfide) groups is 1. The van der Waals surface area contributed by atoms with E-state index in [0.717, 1.165) is 6.54 Å². The molecule has 0 bridgehead atoms. The molecule has 11 heavy (non-hydrogen) atoms. The van der Waals surface area contributed by atoms with Crippen molar-refractivity contribution in [1.82, 2.24) is 0 Å². The molecule has 1 nitrogen and oxygen atoms in total. The molecule has 0 aromatic carbocycles. The molecule has 1 heterocycles. The first-order chi connectivity index (χ1) is 4.89. The average Bonchev–Trinajstić information content (AvgIpc) is 2.12. The number of hydrogen-bond donors (Lipinski definition) is 0. The predicted octanol–water partition coefficient (Wildman–Crippen LogP) is 3.20. The maximum absolute atomic E-state index is 4.12. The summed E-state index contributed by atoms with van der Waals surface area (Å²) >= 11 is 1.85. The molecule has 1 aliphatic rings. The number of hydrogen-bond acceptors (Lipinski definition) is 2. The molecular weight excluding hydrogens is 154 g/mol. The molecular formula is C9H19NS. The summed E-state index contributed by atoms with van der Waals surface area (Å²) in [6, 6.07) is 0. The summed E-state index contributed by atoms with van der Waals surface area (Å²) in [6.45, 7) is 11.8.